The lowest BCUT2D eigenvalue weighted by atomic mass is 10.1. The summed E-state index contributed by atoms with van der Waals surface area (Å²) in [6.07, 6.45) is 1.70. The van der Waals surface area contributed by atoms with Crippen LogP contribution in [0.25, 0.3) is 10.9 Å². The molecule has 0 radical (unpaired) electrons. The van der Waals surface area contributed by atoms with Gasteiger partial charge >= 0.3 is 0 Å². The second-order valence-corrected chi connectivity index (χ2v) is 5.77. The fourth-order valence-corrected chi connectivity index (χ4v) is 2.64. The van der Waals surface area contributed by atoms with E-state index in [0.717, 1.165) is 40.8 Å². The Kier molecular flexibility index (Phi) is 4.42. The highest BCUT2D eigenvalue weighted by atomic mass is 16.5. The zero-order valence-electron chi connectivity index (χ0n) is 13.5. The Labute approximate surface area is 136 Å². The van der Waals surface area contributed by atoms with E-state index in [1.807, 2.05) is 24.3 Å². The van der Waals surface area contributed by atoms with Crippen LogP contribution in [-0.4, -0.2) is 16.6 Å². The lowest BCUT2D eigenvalue weighted by Gasteiger charge is -2.10. The fourth-order valence-electron chi connectivity index (χ4n) is 2.64. The summed E-state index contributed by atoms with van der Waals surface area (Å²) in [4.78, 5) is 8.66. The van der Waals surface area contributed by atoms with E-state index in [4.69, 9.17) is 10.5 Å². The van der Waals surface area contributed by atoms with Gasteiger partial charge in [0.25, 0.3) is 0 Å². The Morgan fingerprint density at radius 3 is 2.74 bits per heavy atom. The molecule has 2 aromatic carbocycles. The van der Waals surface area contributed by atoms with Crippen molar-refractivity contribution < 1.29 is 4.74 Å². The molecule has 4 heteroatoms. The standard InChI is InChI=1S/C19H21N3O/c1-13-9-10-14(2)18(12-13)23-11-5-8-17-15-6-3-4-7-16(15)21-19(20)22-17/h3-4,6-7,9-10,12H,5,8,11H2,1-2H3,(H2,20,21,22). The molecule has 3 aromatic rings. The van der Waals surface area contributed by atoms with E-state index in [9.17, 15) is 0 Å². The number of hydrogen-bond acceptors (Lipinski definition) is 4. The van der Waals surface area contributed by atoms with Gasteiger partial charge in [0, 0.05) is 5.39 Å². The zero-order valence-corrected chi connectivity index (χ0v) is 13.5. The molecule has 4 nitrogen and oxygen atoms in total. The number of anilines is 1. The van der Waals surface area contributed by atoms with E-state index < -0.39 is 0 Å². The molecule has 3 rings (SSSR count). The number of aromatic nitrogens is 2. The molecule has 0 atom stereocenters. The van der Waals surface area contributed by atoms with Gasteiger partial charge in [0.15, 0.2) is 0 Å². The van der Waals surface area contributed by atoms with Gasteiger partial charge in [-0.25, -0.2) is 9.97 Å². The number of benzene rings is 2. The van der Waals surface area contributed by atoms with Gasteiger partial charge in [0.2, 0.25) is 5.95 Å². The van der Waals surface area contributed by atoms with Crippen LogP contribution in [0.3, 0.4) is 0 Å². The molecule has 23 heavy (non-hydrogen) atoms. The Bertz CT molecular complexity index is 830. The van der Waals surface area contributed by atoms with Crippen LogP contribution in [0.15, 0.2) is 42.5 Å². The van der Waals surface area contributed by atoms with Crippen molar-refractivity contribution in [1.29, 1.82) is 0 Å². The normalized spacial score (nSPS) is 10.9. The van der Waals surface area contributed by atoms with Crippen molar-refractivity contribution in [3.05, 3.63) is 59.3 Å². The van der Waals surface area contributed by atoms with Crippen LogP contribution in [0.2, 0.25) is 0 Å². The number of aryl methyl sites for hydroxylation is 3. The maximum absolute atomic E-state index is 5.91. The molecule has 0 aliphatic rings. The van der Waals surface area contributed by atoms with Gasteiger partial charge in [-0.2, -0.15) is 0 Å². The summed E-state index contributed by atoms with van der Waals surface area (Å²) in [7, 11) is 0. The molecule has 0 saturated heterocycles. The predicted octanol–water partition coefficient (Wildman–Crippen LogP) is 3.84. The molecule has 0 saturated carbocycles. The number of rotatable bonds is 5. The lowest BCUT2D eigenvalue weighted by Crippen LogP contribution is -2.04. The lowest BCUT2D eigenvalue weighted by molar-refractivity contribution is 0.308. The van der Waals surface area contributed by atoms with E-state index >= 15 is 0 Å². The van der Waals surface area contributed by atoms with Gasteiger partial charge < -0.3 is 10.5 Å². The summed E-state index contributed by atoms with van der Waals surface area (Å²) in [5.41, 5.74) is 10.0. The van der Waals surface area contributed by atoms with E-state index in [1.54, 1.807) is 0 Å². The van der Waals surface area contributed by atoms with Crippen LogP contribution >= 0.6 is 0 Å². The highest BCUT2D eigenvalue weighted by molar-refractivity contribution is 5.81. The van der Waals surface area contributed by atoms with Crippen molar-refractivity contribution in [1.82, 2.24) is 9.97 Å². The smallest absolute Gasteiger partial charge is 0.220 e. The van der Waals surface area contributed by atoms with Crippen molar-refractivity contribution >= 4 is 16.9 Å². The van der Waals surface area contributed by atoms with Gasteiger partial charge in [-0.1, -0.05) is 30.3 Å². The van der Waals surface area contributed by atoms with Crippen LogP contribution in [0.1, 0.15) is 23.2 Å². The average molecular weight is 307 g/mol. The summed E-state index contributed by atoms with van der Waals surface area (Å²) in [5, 5.41) is 1.06. The SMILES string of the molecule is Cc1ccc(C)c(OCCCc2nc(N)nc3ccccc23)c1. The second-order valence-electron chi connectivity index (χ2n) is 5.77. The third kappa shape index (κ3) is 3.59. The van der Waals surface area contributed by atoms with Crippen LogP contribution in [0.4, 0.5) is 5.95 Å². The third-order valence-electron chi connectivity index (χ3n) is 3.86. The number of para-hydroxylation sites is 1. The molecule has 0 fully saturated rings. The molecule has 118 valence electrons. The molecule has 2 N–H and O–H groups in total. The topological polar surface area (TPSA) is 61.0 Å². The van der Waals surface area contributed by atoms with Crippen molar-refractivity contribution in [2.75, 3.05) is 12.3 Å². The third-order valence-corrected chi connectivity index (χ3v) is 3.86. The van der Waals surface area contributed by atoms with Gasteiger partial charge in [-0.05, 0) is 49.9 Å². The van der Waals surface area contributed by atoms with E-state index in [0.29, 0.717) is 12.6 Å². The minimum atomic E-state index is 0.328. The van der Waals surface area contributed by atoms with Crippen LogP contribution in [0.5, 0.6) is 5.75 Å². The highest BCUT2D eigenvalue weighted by Crippen LogP contribution is 2.20. The summed E-state index contributed by atoms with van der Waals surface area (Å²) in [5.74, 6) is 1.28. The minimum absolute atomic E-state index is 0.328. The first-order valence-corrected chi connectivity index (χ1v) is 7.84. The monoisotopic (exact) mass is 307 g/mol. The van der Waals surface area contributed by atoms with Gasteiger partial charge in [0.1, 0.15) is 5.75 Å². The van der Waals surface area contributed by atoms with Gasteiger partial charge in [-0.3, -0.25) is 0 Å². The summed E-state index contributed by atoms with van der Waals surface area (Å²) < 4.78 is 5.91. The number of hydrogen-bond donors (Lipinski definition) is 1. The quantitative estimate of drug-likeness (QED) is 0.727. The molecule has 1 heterocycles. The largest absolute Gasteiger partial charge is 0.493 e. The highest BCUT2D eigenvalue weighted by Gasteiger charge is 2.06. The molecule has 0 amide bonds. The Morgan fingerprint density at radius 1 is 1.04 bits per heavy atom. The molecule has 0 unspecified atom stereocenters. The number of nitrogens with zero attached hydrogens (tertiary/aromatic N) is 2. The average Bonchev–Trinajstić information content (AvgIpc) is 2.54. The Morgan fingerprint density at radius 2 is 1.87 bits per heavy atom. The van der Waals surface area contributed by atoms with Gasteiger partial charge in [0.05, 0.1) is 17.8 Å². The van der Waals surface area contributed by atoms with Crippen molar-refractivity contribution in [2.24, 2.45) is 0 Å². The molecular formula is C19H21N3O. The van der Waals surface area contributed by atoms with Crippen molar-refractivity contribution in [3.63, 3.8) is 0 Å². The molecule has 0 aliphatic heterocycles. The van der Waals surface area contributed by atoms with Crippen molar-refractivity contribution in [3.8, 4) is 5.75 Å². The summed E-state index contributed by atoms with van der Waals surface area (Å²) in [6, 6.07) is 14.2. The summed E-state index contributed by atoms with van der Waals surface area (Å²) in [6.45, 7) is 4.79. The molecule has 1 aromatic heterocycles. The predicted molar refractivity (Wildman–Crippen MR) is 93.7 cm³/mol. The molecule has 0 spiro atoms. The molecular weight excluding hydrogens is 286 g/mol. The van der Waals surface area contributed by atoms with E-state index in [2.05, 4.69) is 42.0 Å². The number of fused-ring (bicyclic) bond motifs is 1. The number of nitrogen functional groups attached to an aromatic ring is 1. The second kappa shape index (κ2) is 6.65. The fraction of sp³-hybridized carbons (Fsp3) is 0.263. The van der Waals surface area contributed by atoms with Crippen LogP contribution < -0.4 is 10.5 Å². The zero-order chi connectivity index (χ0) is 16.2. The minimum Gasteiger partial charge on any atom is -0.493 e. The van der Waals surface area contributed by atoms with Crippen LogP contribution in [-0.2, 0) is 6.42 Å². The van der Waals surface area contributed by atoms with Crippen molar-refractivity contribution in [2.45, 2.75) is 26.7 Å². The maximum atomic E-state index is 5.91. The molecule has 0 aliphatic carbocycles. The first kappa shape index (κ1) is 15.3. The summed E-state index contributed by atoms with van der Waals surface area (Å²) >= 11 is 0. The van der Waals surface area contributed by atoms with E-state index in [-0.39, 0.29) is 0 Å². The van der Waals surface area contributed by atoms with Gasteiger partial charge in [-0.15, -0.1) is 0 Å². The number of nitrogens with two attached hydrogens (primary N) is 1. The Hall–Kier alpha value is -2.62. The first-order chi connectivity index (χ1) is 11.1. The Balaban J connectivity index is 1.66. The van der Waals surface area contributed by atoms with E-state index in [1.165, 1.54) is 5.56 Å². The molecule has 0 bridgehead atoms. The first-order valence-electron chi connectivity index (χ1n) is 7.84. The maximum Gasteiger partial charge on any atom is 0.220 e. The van der Waals surface area contributed by atoms with Crippen LogP contribution in [0, 0.1) is 13.8 Å². The number of ether oxygens (including phenoxy) is 1.